The fourth-order valence-electron chi connectivity index (χ4n) is 2.68. The van der Waals surface area contributed by atoms with Gasteiger partial charge in [0.15, 0.2) is 0 Å². The molecule has 0 radical (unpaired) electrons. The maximum Gasteiger partial charge on any atom is 0.282 e. The van der Waals surface area contributed by atoms with Crippen molar-refractivity contribution in [2.24, 2.45) is 7.05 Å². The number of hydrogen-bond donors (Lipinski definition) is 1. The minimum atomic E-state index is -2.85. The van der Waals surface area contributed by atoms with Gasteiger partial charge < -0.3 is 5.32 Å². The fraction of sp³-hybridized carbons (Fsp3) is 0.158. The molecule has 0 spiro atoms. The van der Waals surface area contributed by atoms with Gasteiger partial charge in [-0.1, -0.05) is 54.1 Å². The van der Waals surface area contributed by atoms with Crippen molar-refractivity contribution in [1.82, 2.24) is 9.78 Å². The highest BCUT2D eigenvalue weighted by Crippen LogP contribution is 2.37. The molecule has 0 aliphatic carbocycles. The Balaban J connectivity index is 2.05. The highest BCUT2D eigenvalue weighted by molar-refractivity contribution is 6.35. The molecule has 1 amide bonds. The second-order valence-electron chi connectivity index (χ2n) is 5.84. The van der Waals surface area contributed by atoms with Gasteiger partial charge in [-0.05, 0) is 18.1 Å². The lowest BCUT2D eigenvalue weighted by atomic mass is 10.0. The van der Waals surface area contributed by atoms with Gasteiger partial charge in [0, 0.05) is 18.8 Å². The molecule has 0 bridgehead atoms. The monoisotopic (exact) mass is 375 g/mol. The van der Waals surface area contributed by atoms with Crippen LogP contribution in [-0.4, -0.2) is 15.7 Å². The molecule has 0 unspecified atom stereocenters. The molecular formula is C19H16ClF2N3O. The van der Waals surface area contributed by atoms with E-state index in [2.05, 4.69) is 10.4 Å². The van der Waals surface area contributed by atoms with Gasteiger partial charge in [-0.25, -0.2) is 8.78 Å². The summed E-state index contributed by atoms with van der Waals surface area (Å²) in [6, 6.07) is 13.0. The molecule has 0 atom stereocenters. The average Bonchev–Trinajstić information content (AvgIpc) is 3.02. The van der Waals surface area contributed by atoms with E-state index in [0.717, 1.165) is 11.1 Å². The molecule has 0 fully saturated rings. The first-order valence-corrected chi connectivity index (χ1v) is 8.24. The van der Waals surface area contributed by atoms with Crippen molar-refractivity contribution in [3.8, 4) is 11.1 Å². The Bertz CT molecular complexity index is 955. The predicted molar refractivity (Wildman–Crippen MR) is 97.7 cm³/mol. The summed E-state index contributed by atoms with van der Waals surface area (Å²) >= 11 is 6.40. The van der Waals surface area contributed by atoms with E-state index in [4.69, 9.17) is 11.6 Å². The van der Waals surface area contributed by atoms with Gasteiger partial charge in [0.05, 0.1) is 16.3 Å². The van der Waals surface area contributed by atoms with Gasteiger partial charge in [-0.3, -0.25) is 9.48 Å². The molecule has 3 aromatic rings. The van der Waals surface area contributed by atoms with E-state index < -0.39 is 18.0 Å². The fourth-order valence-corrected chi connectivity index (χ4v) is 2.90. The molecule has 2 aromatic carbocycles. The topological polar surface area (TPSA) is 46.9 Å². The van der Waals surface area contributed by atoms with Gasteiger partial charge >= 0.3 is 0 Å². The van der Waals surface area contributed by atoms with Crippen molar-refractivity contribution in [2.75, 3.05) is 5.32 Å². The van der Waals surface area contributed by atoms with Crippen molar-refractivity contribution in [2.45, 2.75) is 13.3 Å². The number of nitrogens with zero attached hydrogens (tertiary/aromatic N) is 2. The third-order valence-corrected chi connectivity index (χ3v) is 4.45. The molecule has 134 valence electrons. The smallest absolute Gasteiger partial charge is 0.282 e. The molecule has 0 saturated heterocycles. The number of halogens is 3. The number of aromatic nitrogens is 2. The number of rotatable bonds is 4. The van der Waals surface area contributed by atoms with Crippen LogP contribution in [-0.2, 0) is 7.05 Å². The highest BCUT2D eigenvalue weighted by atomic mass is 35.5. The summed E-state index contributed by atoms with van der Waals surface area (Å²) in [6.07, 6.45) is -1.58. The molecule has 1 N–H and O–H groups in total. The summed E-state index contributed by atoms with van der Waals surface area (Å²) in [5, 5.41) is 6.71. The molecule has 0 aliphatic rings. The van der Waals surface area contributed by atoms with Crippen molar-refractivity contribution < 1.29 is 13.6 Å². The number of carbonyl (C=O) groups is 1. The number of alkyl halides is 2. The van der Waals surface area contributed by atoms with Crippen LogP contribution in [0, 0.1) is 6.92 Å². The lowest BCUT2D eigenvalue weighted by Crippen LogP contribution is -2.15. The first-order chi connectivity index (χ1) is 12.4. The van der Waals surface area contributed by atoms with Gasteiger partial charge in [0.2, 0.25) is 0 Å². The number of amides is 1. The van der Waals surface area contributed by atoms with E-state index in [9.17, 15) is 13.6 Å². The number of carbonyl (C=O) groups excluding carboxylic acids is 1. The zero-order valence-corrected chi connectivity index (χ0v) is 14.9. The lowest BCUT2D eigenvalue weighted by Gasteiger charge is -2.15. The Morgan fingerprint density at radius 1 is 1.19 bits per heavy atom. The summed E-state index contributed by atoms with van der Waals surface area (Å²) in [5.74, 6) is -0.682. The Morgan fingerprint density at radius 3 is 2.54 bits per heavy atom. The first-order valence-electron chi connectivity index (χ1n) is 7.86. The second-order valence-corrected chi connectivity index (χ2v) is 6.22. The number of nitrogens with one attached hydrogen (secondary N) is 1. The SMILES string of the molecule is Cc1ccc(-c2ccccc2)c(NC(=O)c2cn(C)nc2C(F)F)c1Cl. The Morgan fingerprint density at radius 2 is 1.88 bits per heavy atom. The Hall–Kier alpha value is -2.73. The number of benzene rings is 2. The summed E-state index contributed by atoms with van der Waals surface area (Å²) in [6.45, 7) is 1.81. The average molecular weight is 376 g/mol. The van der Waals surface area contributed by atoms with Crippen LogP contribution in [0.5, 0.6) is 0 Å². The van der Waals surface area contributed by atoms with Gasteiger partial charge in [0.25, 0.3) is 12.3 Å². The highest BCUT2D eigenvalue weighted by Gasteiger charge is 2.24. The van der Waals surface area contributed by atoms with Crippen molar-refractivity contribution in [1.29, 1.82) is 0 Å². The maximum atomic E-state index is 13.1. The van der Waals surface area contributed by atoms with E-state index in [1.807, 2.05) is 42.5 Å². The summed E-state index contributed by atoms with van der Waals surface area (Å²) in [4.78, 5) is 12.6. The number of aryl methyl sites for hydroxylation is 2. The maximum absolute atomic E-state index is 13.1. The van der Waals surface area contributed by atoms with Crippen LogP contribution in [0.25, 0.3) is 11.1 Å². The van der Waals surface area contributed by atoms with E-state index >= 15 is 0 Å². The van der Waals surface area contributed by atoms with E-state index in [1.165, 1.54) is 17.9 Å². The van der Waals surface area contributed by atoms with Crippen LogP contribution < -0.4 is 5.32 Å². The molecule has 1 heterocycles. The molecule has 1 aromatic heterocycles. The Labute approximate surface area is 154 Å². The molecule has 0 aliphatic heterocycles. The van der Waals surface area contributed by atoms with E-state index in [0.29, 0.717) is 16.3 Å². The third-order valence-electron chi connectivity index (χ3n) is 3.97. The number of anilines is 1. The van der Waals surface area contributed by atoms with E-state index in [1.54, 1.807) is 6.92 Å². The molecule has 26 heavy (non-hydrogen) atoms. The van der Waals surface area contributed by atoms with Crippen LogP contribution in [0.2, 0.25) is 5.02 Å². The molecule has 3 rings (SSSR count). The lowest BCUT2D eigenvalue weighted by molar-refractivity contribution is 0.101. The van der Waals surface area contributed by atoms with Crippen LogP contribution >= 0.6 is 11.6 Å². The van der Waals surface area contributed by atoms with Crippen molar-refractivity contribution in [3.63, 3.8) is 0 Å². The van der Waals surface area contributed by atoms with Crippen LogP contribution in [0.15, 0.2) is 48.7 Å². The summed E-state index contributed by atoms with van der Waals surface area (Å²) < 4.78 is 27.5. The zero-order chi connectivity index (χ0) is 18.8. The Kier molecular flexibility index (Phi) is 5.04. The van der Waals surface area contributed by atoms with Crippen molar-refractivity contribution >= 4 is 23.2 Å². The molecule has 7 heteroatoms. The predicted octanol–water partition coefficient (Wildman–Crippen LogP) is 5.24. The van der Waals surface area contributed by atoms with Crippen molar-refractivity contribution in [3.05, 3.63) is 70.5 Å². The normalized spacial score (nSPS) is 11.0. The quantitative estimate of drug-likeness (QED) is 0.678. The second kappa shape index (κ2) is 7.25. The molecule has 4 nitrogen and oxygen atoms in total. The van der Waals surface area contributed by atoms with Crippen LogP contribution in [0.4, 0.5) is 14.5 Å². The van der Waals surface area contributed by atoms with Gasteiger partial charge in [-0.2, -0.15) is 5.10 Å². The molecule has 0 saturated carbocycles. The first kappa shape index (κ1) is 18.1. The van der Waals surface area contributed by atoms with E-state index in [-0.39, 0.29) is 5.56 Å². The van der Waals surface area contributed by atoms with Crippen LogP contribution in [0.3, 0.4) is 0 Å². The zero-order valence-electron chi connectivity index (χ0n) is 14.1. The minimum Gasteiger partial charge on any atom is -0.320 e. The van der Waals surface area contributed by atoms with Gasteiger partial charge in [0.1, 0.15) is 5.69 Å². The minimum absolute atomic E-state index is 0.181. The van der Waals surface area contributed by atoms with Gasteiger partial charge in [-0.15, -0.1) is 0 Å². The summed E-state index contributed by atoms with van der Waals surface area (Å²) in [7, 11) is 1.48. The standard InChI is InChI=1S/C19H16ClF2N3O/c1-11-8-9-13(12-6-4-3-5-7-12)16(15(11)20)23-19(26)14-10-25(2)24-17(14)18(21)22/h3-10,18H,1-2H3,(H,23,26). The largest absolute Gasteiger partial charge is 0.320 e. The third kappa shape index (κ3) is 3.46. The number of hydrogen-bond acceptors (Lipinski definition) is 2. The summed E-state index contributed by atoms with van der Waals surface area (Å²) in [5.41, 5.74) is 1.96. The van der Waals surface area contributed by atoms with Crippen LogP contribution in [0.1, 0.15) is 28.0 Å². The molecular weight excluding hydrogens is 360 g/mol.